The minimum absolute atomic E-state index is 0.0527. The summed E-state index contributed by atoms with van der Waals surface area (Å²) in [6, 6.07) is 8.14. The van der Waals surface area contributed by atoms with E-state index in [2.05, 4.69) is 36.2 Å². The van der Waals surface area contributed by atoms with Crippen molar-refractivity contribution in [3.05, 3.63) is 24.3 Å². The quantitative estimate of drug-likeness (QED) is 0.795. The van der Waals surface area contributed by atoms with Crippen LogP contribution in [0.4, 0.5) is 0 Å². The molecule has 0 aliphatic carbocycles. The Balaban J connectivity index is 1.65. The SMILES string of the molecule is CCCOc1ccc(-c2nnn(CC(=O)N3C(C)CCCC3C)n2)cc1. The molecule has 2 unspecified atom stereocenters. The van der Waals surface area contributed by atoms with Crippen molar-refractivity contribution < 1.29 is 9.53 Å². The first-order valence-electron chi connectivity index (χ1n) is 9.40. The molecule has 2 heterocycles. The van der Waals surface area contributed by atoms with Crippen LogP contribution in [0.25, 0.3) is 11.4 Å². The van der Waals surface area contributed by atoms with Crippen LogP contribution < -0.4 is 4.74 Å². The van der Waals surface area contributed by atoms with Gasteiger partial charge in [0.1, 0.15) is 12.3 Å². The average molecular weight is 357 g/mol. The van der Waals surface area contributed by atoms with Crippen molar-refractivity contribution in [3.63, 3.8) is 0 Å². The second-order valence-electron chi connectivity index (χ2n) is 6.95. The molecule has 0 radical (unpaired) electrons. The van der Waals surface area contributed by atoms with Crippen LogP contribution in [0.1, 0.15) is 46.5 Å². The van der Waals surface area contributed by atoms with Gasteiger partial charge in [0.25, 0.3) is 0 Å². The molecule has 2 aromatic rings. The van der Waals surface area contributed by atoms with Gasteiger partial charge in [-0.15, -0.1) is 10.2 Å². The lowest BCUT2D eigenvalue weighted by atomic mass is 9.97. The number of amides is 1. The minimum atomic E-state index is 0.0527. The van der Waals surface area contributed by atoms with Gasteiger partial charge in [0.05, 0.1) is 6.61 Å². The molecule has 1 fully saturated rings. The van der Waals surface area contributed by atoms with Gasteiger partial charge in [-0.1, -0.05) is 6.92 Å². The Morgan fingerprint density at radius 1 is 1.19 bits per heavy atom. The van der Waals surface area contributed by atoms with Gasteiger partial charge in [0.2, 0.25) is 11.7 Å². The minimum Gasteiger partial charge on any atom is -0.494 e. The largest absolute Gasteiger partial charge is 0.494 e. The highest BCUT2D eigenvalue weighted by Crippen LogP contribution is 2.23. The Morgan fingerprint density at radius 3 is 2.54 bits per heavy atom. The van der Waals surface area contributed by atoms with Crippen molar-refractivity contribution in [2.45, 2.75) is 65.1 Å². The molecule has 26 heavy (non-hydrogen) atoms. The predicted octanol–water partition coefficient (Wildman–Crippen LogP) is 2.92. The number of ether oxygens (including phenoxy) is 1. The first-order chi connectivity index (χ1) is 12.6. The van der Waals surface area contributed by atoms with Crippen LogP contribution in [0, 0.1) is 0 Å². The van der Waals surface area contributed by atoms with Gasteiger partial charge in [0, 0.05) is 17.6 Å². The molecule has 2 atom stereocenters. The number of tetrazole rings is 1. The number of likely N-dealkylation sites (tertiary alicyclic amines) is 1. The van der Waals surface area contributed by atoms with E-state index in [-0.39, 0.29) is 24.5 Å². The molecule has 1 aromatic heterocycles. The maximum atomic E-state index is 12.7. The molecule has 140 valence electrons. The topological polar surface area (TPSA) is 73.1 Å². The smallest absolute Gasteiger partial charge is 0.246 e. The number of carbonyl (C=O) groups excluding carboxylic acids is 1. The van der Waals surface area contributed by atoms with Crippen molar-refractivity contribution in [3.8, 4) is 17.1 Å². The summed E-state index contributed by atoms with van der Waals surface area (Å²) in [6.45, 7) is 7.11. The van der Waals surface area contributed by atoms with E-state index in [1.165, 1.54) is 11.2 Å². The Bertz CT molecular complexity index is 718. The fraction of sp³-hybridized carbons (Fsp3) is 0.579. The Labute approximate surface area is 154 Å². The summed E-state index contributed by atoms with van der Waals surface area (Å²) in [5.41, 5.74) is 0.854. The van der Waals surface area contributed by atoms with Crippen molar-refractivity contribution >= 4 is 5.91 Å². The third-order valence-electron chi connectivity index (χ3n) is 4.80. The maximum Gasteiger partial charge on any atom is 0.246 e. The highest BCUT2D eigenvalue weighted by atomic mass is 16.5. The summed E-state index contributed by atoms with van der Waals surface area (Å²) < 4.78 is 5.58. The molecule has 1 aliphatic heterocycles. The summed E-state index contributed by atoms with van der Waals surface area (Å²) in [6.07, 6.45) is 4.26. The zero-order valence-electron chi connectivity index (χ0n) is 15.8. The molecular weight excluding hydrogens is 330 g/mol. The van der Waals surface area contributed by atoms with E-state index in [0.29, 0.717) is 12.4 Å². The average Bonchev–Trinajstić information content (AvgIpc) is 3.08. The van der Waals surface area contributed by atoms with Crippen LogP contribution in [0.5, 0.6) is 5.75 Å². The molecule has 1 amide bonds. The zero-order valence-corrected chi connectivity index (χ0v) is 15.8. The molecule has 0 N–H and O–H groups in total. The zero-order chi connectivity index (χ0) is 18.5. The summed E-state index contributed by atoms with van der Waals surface area (Å²) in [7, 11) is 0. The number of piperidine rings is 1. The summed E-state index contributed by atoms with van der Waals surface area (Å²) in [4.78, 5) is 16.0. The molecule has 3 rings (SSSR count). The number of aromatic nitrogens is 4. The van der Waals surface area contributed by atoms with Gasteiger partial charge < -0.3 is 9.64 Å². The molecule has 7 heteroatoms. The molecule has 0 saturated carbocycles. The van der Waals surface area contributed by atoms with E-state index >= 15 is 0 Å². The van der Waals surface area contributed by atoms with Crippen LogP contribution in [0.2, 0.25) is 0 Å². The second-order valence-corrected chi connectivity index (χ2v) is 6.95. The van der Waals surface area contributed by atoms with Gasteiger partial charge in [-0.2, -0.15) is 4.80 Å². The Morgan fingerprint density at radius 2 is 1.88 bits per heavy atom. The lowest BCUT2D eigenvalue weighted by Gasteiger charge is -2.38. The first kappa shape index (κ1) is 18.4. The number of hydrogen-bond donors (Lipinski definition) is 0. The van der Waals surface area contributed by atoms with E-state index in [9.17, 15) is 4.79 Å². The Hall–Kier alpha value is -2.44. The van der Waals surface area contributed by atoms with Gasteiger partial charge in [-0.25, -0.2) is 0 Å². The van der Waals surface area contributed by atoms with E-state index in [1.807, 2.05) is 29.2 Å². The van der Waals surface area contributed by atoms with Crippen molar-refractivity contribution in [1.29, 1.82) is 0 Å². The predicted molar refractivity (Wildman–Crippen MR) is 98.7 cm³/mol. The normalized spacial score (nSPS) is 20.2. The van der Waals surface area contributed by atoms with Crippen LogP contribution in [-0.2, 0) is 11.3 Å². The van der Waals surface area contributed by atoms with Crippen molar-refractivity contribution in [2.24, 2.45) is 0 Å². The number of rotatable bonds is 6. The van der Waals surface area contributed by atoms with Crippen molar-refractivity contribution in [1.82, 2.24) is 25.1 Å². The lowest BCUT2D eigenvalue weighted by Crippen LogP contribution is -2.48. The monoisotopic (exact) mass is 357 g/mol. The van der Waals surface area contributed by atoms with Crippen LogP contribution in [-0.4, -0.2) is 49.7 Å². The molecule has 1 aromatic carbocycles. The van der Waals surface area contributed by atoms with Crippen LogP contribution in [0.15, 0.2) is 24.3 Å². The highest BCUT2D eigenvalue weighted by Gasteiger charge is 2.29. The number of benzene rings is 1. The van der Waals surface area contributed by atoms with Crippen molar-refractivity contribution in [2.75, 3.05) is 6.61 Å². The van der Waals surface area contributed by atoms with Gasteiger partial charge >= 0.3 is 0 Å². The standard InChI is InChI=1S/C19H27N5O2/c1-4-12-26-17-10-8-16(9-11-17)19-20-22-23(21-19)13-18(25)24-14(2)6-5-7-15(24)3/h8-11,14-15H,4-7,12-13H2,1-3H3. The van der Waals surface area contributed by atoms with Crippen LogP contribution >= 0.6 is 0 Å². The Kier molecular flexibility index (Phi) is 5.85. The maximum absolute atomic E-state index is 12.7. The molecule has 0 bridgehead atoms. The van der Waals surface area contributed by atoms with E-state index < -0.39 is 0 Å². The second kappa shape index (κ2) is 8.29. The van der Waals surface area contributed by atoms with Crippen LogP contribution in [0.3, 0.4) is 0 Å². The summed E-state index contributed by atoms with van der Waals surface area (Å²) in [5.74, 6) is 1.39. The number of nitrogens with zero attached hydrogens (tertiary/aromatic N) is 5. The summed E-state index contributed by atoms with van der Waals surface area (Å²) >= 11 is 0. The van der Waals surface area contributed by atoms with Gasteiger partial charge in [0.15, 0.2) is 0 Å². The van der Waals surface area contributed by atoms with E-state index in [0.717, 1.165) is 30.6 Å². The fourth-order valence-corrected chi connectivity index (χ4v) is 3.46. The lowest BCUT2D eigenvalue weighted by molar-refractivity contribution is -0.138. The first-order valence-corrected chi connectivity index (χ1v) is 9.40. The molecular formula is C19H27N5O2. The van der Waals surface area contributed by atoms with E-state index in [1.54, 1.807) is 0 Å². The van der Waals surface area contributed by atoms with Gasteiger partial charge in [-0.05, 0) is 69.0 Å². The molecule has 1 aliphatic rings. The molecule has 1 saturated heterocycles. The third-order valence-corrected chi connectivity index (χ3v) is 4.80. The number of hydrogen-bond acceptors (Lipinski definition) is 5. The molecule has 7 nitrogen and oxygen atoms in total. The van der Waals surface area contributed by atoms with Gasteiger partial charge in [-0.3, -0.25) is 4.79 Å². The molecule has 0 spiro atoms. The third kappa shape index (κ3) is 4.20. The highest BCUT2D eigenvalue weighted by molar-refractivity contribution is 5.76. The number of carbonyl (C=O) groups is 1. The summed E-state index contributed by atoms with van der Waals surface area (Å²) in [5, 5.41) is 12.5. The fourth-order valence-electron chi connectivity index (χ4n) is 3.46. The van der Waals surface area contributed by atoms with E-state index in [4.69, 9.17) is 4.74 Å².